The number of primary amides is 1. The van der Waals surface area contributed by atoms with Crippen LogP contribution >= 0.6 is 0 Å². The lowest BCUT2D eigenvalue weighted by molar-refractivity contribution is -0.132. The van der Waals surface area contributed by atoms with E-state index < -0.39 is 35.8 Å². The first-order chi connectivity index (χ1) is 13.1. The molecule has 0 saturated carbocycles. The van der Waals surface area contributed by atoms with Gasteiger partial charge in [0.25, 0.3) is 0 Å². The molecule has 3 unspecified atom stereocenters. The molecular weight excluding hydrogens is 364 g/mol. The van der Waals surface area contributed by atoms with E-state index >= 15 is 0 Å². The summed E-state index contributed by atoms with van der Waals surface area (Å²) in [5.74, 6) is -1.85. The third-order valence-corrected chi connectivity index (χ3v) is 4.16. The molecule has 28 heavy (non-hydrogen) atoms. The molecule has 162 valence electrons. The van der Waals surface area contributed by atoms with E-state index in [0.717, 1.165) is 6.42 Å². The van der Waals surface area contributed by atoms with E-state index in [0.29, 0.717) is 32.4 Å². The fourth-order valence-corrected chi connectivity index (χ4v) is 2.51. The van der Waals surface area contributed by atoms with E-state index in [1.807, 2.05) is 0 Å². The molecule has 0 fully saturated rings. The van der Waals surface area contributed by atoms with Crippen LogP contribution in [0.4, 0.5) is 0 Å². The van der Waals surface area contributed by atoms with Gasteiger partial charge in [-0.2, -0.15) is 0 Å². The Morgan fingerprint density at radius 2 is 1.57 bits per heavy atom. The standard InChI is InChI=1S/C17H36N8O3/c1-10(2)13(14(20)26)25-16(28)12(7-5-9-23-17(21)22)24-15(27)11(19)6-3-4-8-18/h10-13H,3-9,18-19H2,1-2H3,(H2,20,26)(H,24,27)(H,25,28)(H4,21,22,23). The quantitative estimate of drug-likeness (QED) is 0.0951. The molecule has 12 N–H and O–H groups in total. The maximum absolute atomic E-state index is 12.6. The van der Waals surface area contributed by atoms with Gasteiger partial charge < -0.3 is 39.3 Å². The minimum Gasteiger partial charge on any atom is -0.370 e. The molecule has 0 aliphatic rings. The van der Waals surface area contributed by atoms with E-state index in [1.165, 1.54) is 0 Å². The Morgan fingerprint density at radius 3 is 2.07 bits per heavy atom. The van der Waals surface area contributed by atoms with Crippen LogP contribution in [0, 0.1) is 5.92 Å². The van der Waals surface area contributed by atoms with Gasteiger partial charge in [-0.15, -0.1) is 0 Å². The van der Waals surface area contributed by atoms with Crippen molar-refractivity contribution in [3.05, 3.63) is 0 Å². The summed E-state index contributed by atoms with van der Waals surface area (Å²) >= 11 is 0. The highest BCUT2D eigenvalue weighted by molar-refractivity contribution is 5.92. The summed E-state index contributed by atoms with van der Waals surface area (Å²) in [5.41, 5.74) is 27.2. The summed E-state index contributed by atoms with van der Waals surface area (Å²) in [5, 5.41) is 5.24. The molecule has 11 heteroatoms. The third-order valence-electron chi connectivity index (χ3n) is 4.16. The van der Waals surface area contributed by atoms with Gasteiger partial charge in [0, 0.05) is 6.54 Å². The van der Waals surface area contributed by atoms with Crippen LogP contribution in [0.1, 0.15) is 46.0 Å². The van der Waals surface area contributed by atoms with Crippen LogP contribution in [0.25, 0.3) is 0 Å². The predicted molar refractivity (Wildman–Crippen MR) is 109 cm³/mol. The lowest BCUT2D eigenvalue weighted by Crippen LogP contribution is -2.56. The molecule has 0 saturated heterocycles. The largest absolute Gasteiger partial charge is 0.370 e. The van der Waals surface area contributed by atoms with Crippen molar-refractivity contribution in [1.82, 2.24) is 10.6 Å². The summed E-state index contributed by atoms with van der Waals surface area (Å²) in [7, 11) is 0. The summed E-state index contributed by atoms with van der Waals surface area (Å²) in [6.07, 6.45) is 2.65. The number of carbonyl (C=O) groups excluding carboxylic acids is 3. The maximum Gasteiger partial charge on any atom is 0.243 e. The molecule has 0 aromatic heterocycles. The highest BCUT2D eigenvalue weighted by Crippen LogP contribution is 2.06. The smallest absolute Gasteiger partial charge is 0.243 e. The minimum absolute atomic E-state index is 0.0550. The molecular formula is C17H36N8O3. The number of amides is 3. The number of nitrogens with two attached hydrogens (primary N) is 5. The summed E-state index contributed by atoms with van der Waals surface area (Å²) < 4.78 is 0. The molecule has 0 radical (unpaired) electrons. The van der Waals surface area contributed by atoms with Gasteiger partial charge >= 0.3 is 0 Å². The number of hydrogen-bond acceptors (Lipinski definition) is 6. The molecule has 3 amide bonds. The van der Waals surface area contributed by atoms with Gasteiger partial charge in [0.1, 0.15) is 12.1 Å². The molecule has 11 nitrogen and oxygen atoms in total. The summed E-state index contributed by atoms with van der Waals surface area (Å²) in [6, 6.07) is -2.48. The number of rotatable bonds is 14. The zero-order valence-electron chi connectivity index (χ0n) is 16.8. The van der Waals surface area contributed by atoms with E-state index in [2.05, 4.69) is 15.6 Å². The van der Waals surface area contributed by atoms with Crippen LogP contribution in [0.5, 0.6) is 0 Å². The van der Waals surface area contributed by atoms with Gasteiger partial charge in [0.05, 0.1) is 6.04 Å². The van der Waals surface area contributed by atoms with Crippen molar-refractivity contribution >= 4 is 23.7 Å². The number of aliphatic imine (C=N–C) groups is 1. The first-order valence-electron chi connectivity index (χ1n) is 9.51. The van der Waals surface area contributed by atoms with Gasteiger partial charge in [0.15, 0.2) is 5.96 Å². The zero-order chi connectivity index (χ0) is 21.7. The normalized spacial score (nSPS) is 14.0. The Hall–Kier alpha value is -2.40. The molecule has 0 aliphatic heterocycles. The molecule has 0 bridgehead atoms. The maximum atomic E-state index is 12.6. The summed E-state index contributed by atoms with van der Waals surface area (Å²) in [6.45, 7) is 4.34. The lowest BCUT2D eigenvalue weighted by atomic mass is 10.0. The first kappa shape index (κ1) is 25.6. The fraction of sp³-hybridized carbons (Fsp3) is 0.765. The van der Waals surface area contributed by atoms with E-state index in [-0.39, 0.29) is 18.3 Å². The number of nitrogens with zero attached hydrogens (tertiary/aromatic N) is 1. The van der Waals surface area contributed by atoms with Crippen molar-refractivity contribution in [3.63, 3.8) is 0 Å². The van der Waals surface area contributed by atoms with Gasteiger partial charge in [-0.1, -0.05) is 20.3 Å². The van der Waals surface area contributed by atoms with E-state index in [9.17, 15) is 14.4 Å². The number of guanidine groups is 1. The van der Waals surface area contributed by atoms with Crippen LogP contribution < -0.4 is 39.3 Å². The van der Waals surface area contributed by atoms with Crippen LogP contribution in [0.15, 0.2) is 4.99 Å². The van der Waals surface area contributed by atoms with Gasteiger partial charge in [0.2, 0.25) is 17.7 Å². The Kier molecular flexibility index (Phi) is 12.5. The average molecular weight is 401 g/mol. The number of nitrogens with one attached hydrogen (secondary N) is 2. The van der Waals surface area contributed by atoms with Crippen molar-refractivity contribution in [1.29, 1.82) is 0 Å². The Labute approximate surface area is 166 Å². The van der Waals surface area contributed by atoms with E-state index in [4.69, 9.17) is 28.7 Å². The van der Waals surface area contributed by atoms with Crippen molar-refractivity contribution in [3.8, 4) is 0 Å². The van der Waals surface area contributed by atoms with Crippen molar-refractivity contribution in [2.75, 3.05) is 13.1 Å². The average Bonchev–Trinajstić information content (AvgIpc) is 2.60. The molecule has 3 atom stereocenters. The second-order valence-electron chi connectivity index (χ2n) is 7.03. The highest BCUT2D eigenvalue weighted by Gasteiger charge is 2.28. The van der Waals surface area contributed by atoms with Crippen molar-refractivity contribution in [2.24, 2.45) is 39.6 Å². The van der Waals surface area contributed by atoms with Crippen LogP contribution in [0.3, 0.4) is 0 Å². The molecule has 0 aromatic carbocycles. The number of carbonyl (C=O) groups is 3. The second-order valence-corrected chi connectivity index (χ2v) is 7.03. The number of unbranched alkanes of at least 4 members (excludes halogenated alkanes) is 1. The van der Waals surface area contributed by atoms with Gasteiger partial charge in [-0.05, 0) is 38.1 Å². The predicted octanol–water partition coefficient (Wildman–Crippen LogP) is -2.39. The SMILES string of the molecule is CC(C)C(NC(=O)C(CCCN=C(N)N)NC(=O)C(N)CCCCN)C(N)=O. The molecule has 0 aliphatic carbocycles. The molecule has 0 rings (SSSR count). The molecule has 0 aromatic rings. The second kappa shape index (κ2) is 13.7. The van der Waals surface area contributed by atoms with Crippen LogP contribution in [-0.4, -0.2) is 54.9 Å². The van der Waals surface area contributed by atoms with Crippen LogP contribution in [0.2, 0.25) is 0 Å². The first-order valence-corrected chi connectivity index (χ1v) is 9.51. The van der Waals surface area contributed by atoms with Gasteiger partial charge in [-0.25, -0.2) is 0 Å². The number of hydrogen-bond donors (Lipinski definition) is 7. The summed E-state index contributed by atoms with van der Waals surface area (Å²) in [4.78, 5) is 40.4. The molecule has 0 spiro atoms. The lowest BCUT2D eigenvalue weighted by Gasteiger charge is -2.24. The van der Waals surface area contributed by atoms with Gasteiger partial charge in [-0.3, -0.25) is 19.4 Å². The third kappa shape index (κ3) is 10.7. The highest BCUT2D eigenvalue weighted by atomic mass is 16.2. The topological polar surface area (TPSA) is 218 Å². The Morgan fingerprint density at radius 1 is 0.929 bits per heavy atom. The zero-order valence-corrected chi connectivity index (χ0v) is 16.8. The van der Waals surface area contributed by atoms with Crippen molar-refractivity contribution < 1.29 is 14.4 Å². The monoisotopic (exact) mass is 400 g/mol. The van der Waals surface area contributed by atoms with Crippen LogP contribution in [-0.2, 0) is 14.4 Å². The fourth-order valence-electron chi connectivity index (χ4n) is 2.51. The van der Waals surface area contributed by atoms with E-state index in [1.54, 1.807) is 13.8 Å². The molecule has 0 heterocycles. The minimum atomic E-state index is -0.886. The Bertz CT molecular complexity index is 534. The van der Waals surface area contributed by atoms with Crippen molar-refractivity contribution in [2.45, 2.75) is 64.1 Å². The Balaban J connectivity index is 5.01.